The van der Waals surface area contributed by atoms with Gasteiger partial charge in [0.25, 0.3) is 0 Å². The summed E-state index contributed by atoms with van der Waals surface area (Å²) < 4.78 is 10.9. The normalized spacial score (nSPS) is 45.4. The first-order valence-corrected chi connectivity index (χ1v) is 4.13. The summed E-state index contributed by atoms with van der Waals surface area (Å²) in [5, 5.41) is 0. The molecule has 0 amide bonds. The van der Waals surface area contributed by atoms with Crippen LogP contribution in [0.4, 0.5) is 0 Å². The lowest BCUT2D eigenvalue weighted by molar-refractivity contribution is 0.0650. The molecule has 2 fully saturated rings. The van der Waals surface area contributed by atoms with Gasteiger partial charge in [-0.15, -0.1) is 0 Å². The van der Waals surface area contributed by atoms with Crippen LogP contribution in [0.1, 0.15) is 6.92 Å². The predicted molar refractivity (Wildman–Crippen MR) is 40.6 cm³/mol. The second kappa shape index (κ2) is 2.98. The molecule has 2 saturated heterocycles. The highest BCUT2D eigenvalue weighted by atomic mass is 16.6. The van der Waals surface area contributed by atoms with E-state index < -0.39 is 0 Å². The lowest BCUT2D eigenvalue weighted by atomic mass is 10.0. The molecule has 0 aromatic heterocycles. The Balaban J connectivity index is 2.10. The van der Waals surface area contributed by atoms with Crippen LogP contribution in [0.2, 0.25) is 0 Å². The summed E-state index contributed by atoms with van der Waals surface area (Å²) in [5.41, 5.74) is 0. The lowest BCUT2D eigenvalue weighted by Crippen LogP contribution is -2.27. The van der Waals surface area contributed by atoms with Gasteiger partial charge in [0.05, 0.1) is 19.3 Å². The smallest absolute Gasteiger partial charge is 0.235 e. The molecule has 2 aliphatic heterocycles. The number of carbonyl (C=O) groups excluding carboxylic acids is 1. The topological polar surface area (TPSA) is 47.9 Å². The zero-order valence-corrected chi connectivity index (χ0v) is 6.90. The Hall–Kier alpha value is -0.700. The van der Waals surface area contributed by atoms with E-state index in [1.807, 2.05) is 0 Å². The third kappa shape index (κ3) is 1.08. The van der Waals surface area contributed by atoms with E-state index in [9.17, 15) is 4.79 Å². The molecule has 12 heavy (non-hydrogen) atoms. The Kier molecular flexibility index (Phi) is 1.97. The number of isocyanates is 1. The SMILES string of the molecule is C[C@@H]1CO[C@H]2[C@@H]1OC[C@H]2N=C=O. The van der Waals surface area contributed by atoms with E-state index in [2.05, 4.69) is 11.9 Å². The average molecular weight is 169 g/mol. The van der Waals surface area contributed by atoms with Crippen molar-refractivity contribution in [1.29, 1.82) is 0 Å². The predicted octanol–water partition coefficient (Wildman–Crippen LogP) is 0.124. The number of rotatable bonds is 1. The lowest BCUT2D eigenvalue weighted by Gasteiger charge is -2.10. The highest BCUT2D eigenvalue weighted by Crippen LogP contribution is 2.31. The molecular formula is C8H11NO3. The average Bonchev–Trinajstić information content (AvgIpc) is 2.58. The van der Waals surface area contributed by atoms with Crippen LogP contribution in [0.25, 0.3) is 0 Å². The van der Waals surface area contributed by atoms with E-state index in [1.165, 1.54) is 0 Å². The summed E-state index contributed by atoms with van der Waals surface area (Å²) in [4.78, 5) is 13.7. The molecule has 0 aliphatic carbocycles. The van der Waals surface area contributed by atoms with Crippen LogP contribution in [0.5, 0.6) is 0 Å². The number of nitrogens with zero attached hydrogens (tertiary/aromatic N) is 1. The van der Waals surface area contributed by atoms with Crippen LogP contribution >= 0.6 is 0 Å². The fourth-order valence-electron chi connectivity index (χ4n) is 1.85. The molecule has 2 heterocycles. The maximum atomic E-state index is 10.0. The summed E-state index contributed by atoms with van der Waals surface area (Å²) in [6.07, 6.45) is 1.67. The van der Waals surface area contributed by atoms with E-state index in [4.69, 9.17) is 9.47 Å². The van der Waals surface area contributed by atoms with Crippen molar-refractivity contribution in [2.75, 3.05) is 13.2 Å². The van der Waals surface area contributed by atoms with Crippen molar-refractivity contribution in [2.24, 2.45) is 10.9 Å². The molecule has 4 atom stereocenters. The second-order valence-electron chi connectivity index (χ2n) is 3.36. The Morgan fingerprint density at radius 1 is 1.33 bits per heavy atom. The van der Waals surface area contributed by atoms with Gasteiger partial charge in [0.1, 0.15) is 12.1 Å². The highest BCUT2D eigenvalue weighted by molar-refractivity contribution is 5.34. The first-order valence-electron chi connectivity index (χ1n) is 4.13. The van der Waals surface area contributed by atoms with Crippen molar-refractivity contribution in [3.05, 3.63) is 0 Å². The third-order valence-corrected chi connectivity index (χ3v) is 2.49. The molecule has 0 spiro atoms. The fourth-order valence-corrected chi connectivity index (χ4v) is 1.85. The van der Waals surface area contributed by atoms with Gasteiger partial charge >= 0.3 is 0 Å². The quantitative estimate of drug-likeness (QED) is 0.414. The molecular weight excluding hydrogens is 158 g/mol. The van der Waals surface area contributed by atoms with Crippen LogP contribution in [-0.2, 0) is 14.3 Å². The molecule has 0 bridgehead atoms. The van der Waals surface area contributed by atoms with Gasteiger partial charge in [-0.05, 0) is 0 Å². The molecule has 4 nitrogen and oxygen atoms in total. The summed E-state index contributed by atoms with van der Waals surface area (Å²) in [5.74, 6) is 0.418. The standard InChI is InChI=1S/C8H11NO3/c1-5-2-11-8-6(9-4-10)3-12-7(5)8/h5-8H,2-3H2,1H3/t5-,6-,7-,8-/m1/s1. The molecule has 0 unspecified atom stereocenters. The first-order chi connectivity index (χ1) is 5.83. The van der Waals surface area contributed by atoms with Crippen LogP contribution in [0.15, 0.2) is 4.99 Å². The maximum Gasteiger partial charge on any atom is 0.235 e. The van der Waals surface area contributed by atoms with Gasteiger partial charge in [-0.25, -0.2) is 4.79 Å². The summed E-state index contributed by atoms with van der Waals surface area (Å²) in [6.45, 7) is 3.28. The third-order valence-electron chi connectivity index (χ3n) is 2.49. The van der Waals surface area contributed by atoms with E-state index in [1.54, 1.807) is 6.08 Å². The van der Waals surface area contributed by atoms with Gasteiger partial charge in [0, 0.05) is 5.92 Å². The van der Waals surface area contributed by atoms with Gasteiger partial charge in [0.2, 0.25) is 6.08 Å². The number of aliphatic imine (C=N–C) groups is 1. The van der Waals surface area contributed by atoms with Crippen molar-refractivity contribution >= 4 is 6.08 Å². The van der Waals surface area contributed by atoms with Crippen LogP contribution in [0.3, 0.4) is 0 Å². The number of hydrogen-bond donors (Lipinski definition) is 0. The molecule has 0 saturated carbocycles. The zero-order valence-electron chi connectivity index (χ0n) is 6.90. The van der Waals surface area contributed by atoms with Crippen LogP contribution in [0, 0.1) is 5.92 Å². The number of hydrogen-bond acceptors (Lipinski definition) is 4. The molecule has 0 aromatic rings. The number of ether oxygens (including phenoxy) is 2. The first kappa shape index (κ1) is 7.92. The van der Waals surface area contributed by atoms with E-state index >= 15 is 0 Å². The van der Waals surface area contributed by atoms with Gasteiger partial charge in [-0.1, -0.05) is 6.92 Å². The molecule has 4 heteroatoms. The van der Waals surface area contributed by atoms with Crippen molar-refractivity contribution in [3.63, 3.8) is 0 Å². The summed E-state index contributed by atoms with van der Waals surface area (Å²) in [7, 11) is 0. The van der Waals surface area contributed by atoms with Gasteiger partial charge in [0.15, 0.2) is 0 Å². The zero-order chi connectivity index (χ0) is 8.55. The summed E-state index contributed by atoms with van der Waals surface area (Å²) in [6, 6.07) is -0.127. The number of fused-ring (bicyclic) bond motifs is 1. The Morgan fingerprint density at radius 2 is 2.08 bits per heavy atom. The van der Waals surface area contributed by atoms with E-state index in [-0.39, 0.29) is 18.2 Å². The van der Waals surface area contributed by atoms with Crippen molar-refractivity contribution < 1.29 is 14.3 Å². The van der Waals surface area contributed by atoms with Crippen LogP contribution in [-0.4, -0.2) is 37.5 Å². The molecule has 0 aromatic carbocycles. The minimum atomic E-state index is -0.127. The van der Waals surface area contributed by atoms with Gasteiger partial charge < -0.3 is 9.47 Å². The Labute approximate surface area is 70.6 Å². The largest absolute Gasteiger partial charge is 0.373 e. The van der Waals surface area contributed by atoms with Crippen LogP contribution < -0.4 is 0 Å². The second-order valence-corrected chi connectivity index (χ2v) is 3.36. The Morgan fingerprint density at radius 3 is 2.83 bits per heavy atom. The molecule has 0 N–H and O–H groups in total. The van der Waals surface area contributed by atoms with E-state index in [0.29, 0.717) is 19.1 Å². The van der Waals surface area contributed by atoms with Crippen molar-refractivity contribution in [1.82, 2.24) is 0 Å². The van der Waals surface area contributed by atoms with Crippen molar-refractivity contribution in [3.8, 4) is 0 Å². The Bertz CT molecular complexity index is 224. The molecule has 2 aliphatic rings. The highest BCUT2D eigenvalue weighted by Gasteiger charge is 2.45. The fraction of sp³-hybridized carbons (Fsp3) is 0.875. The molecule has 0 radical (unpaired) electrons. The van der Waals surface area contributed by atoms with Gasteiger partial charge in [-0.3, -0.25) is 0 Å². The van der Waals surface area contributed by atoms with Crippen molar-refractivity contribution in [2.45, 2.75) is 25.2 Å². The molecule has 2 rings (SSSR count). The summed E-state index contributed by atoms with van der Waals surface area (Å²) >= 11 is 0. The minimum absolute atomic E-state index is 0.0125. The minimum Gasteiger partial charge on any atom is -0.373 e. The monoisotopic (exact) mass is 169 g/mol. The van der Waals surface area contributed by atoms with E-state index in [0.717, 1.165) is 0 Å². The maximum absolute atomic E-state index is 10.0. The van der Waals surface area contributed by atoms with Gasteiger partial charge in [-0.2, -0.15) is 4.99 Å². The molecule has 66 valence electrons.